The summed E-state index contributed by atoms with van der Waals surface area (Å²) >= 11 is 12.0. The zero-order chi connectivity index (χ0) is 14.5. The molecule has 0 amide bonds. The molecule has 5 heteroatoms. The van der Waals surface area contributed by atoms with Crippen LogP contribution in [0.5, 0.6) is 0 Å². The first-order valence-electron chi connectivity index (χ1n) is 5.78. The molecule has 0 aromatic heterocycles. The van der Waals surface area contributed by atoms with Gasteiger partial charge in [-0.25, -0.2) is 4.79 Å². The van der Waals surface area contributed by atoms with Crippen LogP contribution in [0.2, 0.25) is 10.0 Å². The molecular formula is C15H11Cl2NO2. The van der Waals surface area contributed by atoms with Gasteiger partial charge in [0.25, 0.3) is 0 Å². The fraction of sp³-hybridized carbons (Fsp3) is 0.0667. The van der Waals surface area contributed by atoms with Gasteiger partial charge in [-0.2, -0.15) is 0 Å². The Morgan fingerprint density at radius 3 is 2.25 bits per heavy atom. The van der Waals surface area contributed by atoms with E-state index in [1.807, 2.05) is 0 Å². The number of halogens is 2. The molecule has 0 saturated heterocycles. The highest BCUT2D eigenvalue weighted by Crippen LogP contribution is 2.32. The minimum atomic E-state index is -0.373. The monoisotopic (exact) mass is 307 g/mol. The second kappa shape index (κ2) is 6.55. The molecule has 0 aliphatic carbocycles. The number of carbonyl (C=O) groups is 1. The van der Waals surface area contributed by atoms with Crippen LogP contribution in [-0.2, 0) is 4.74 Å². The van der Waals surface area contributed by atoms with Crippen molar-refractivity contribution >= 4 is 41.1 Å². The molecule has 0 atom stereocenters. The molecule has 0 radical (unpaired) electrons. The number of aliphatic imine (C=N–C) groups is 1. The molecule has 0 heterocycles. The summed E-state index contributed by atoms with van der Waals surface area (Å²) in [6, 6.07) is 12.1. The van der Waals surface area contributed by atoms with Crippen LogP contribution in [0.1, 0.15) is 15.9 Å². The van der Waals surface area contributed by atoms with Crippen molar-refractivity contribution in [1.29, 1.82) is 0 Å². The molecule has 0 unspecified atom stereocenters. The highest BCUT2D eigenvalue weighted by molar-refractivity contribution is 6.38. The predicted octanol–water partition coefficient (Wildman–Crippen LogP) is 4.53. The molecule has 0 fully saturated rings. The molecule has 2 rings (SSSR count). The quantitative estimate of drug-likeness (QED) is 0.617. The molecule has 0 spiro atoms. The van der Waals surface area contributed by atoms with Crippen molar-refractivity contribution in [2.24, 2.45) is 4.99 Å². The van der Waals surface area contributed by atoms with E-state index >= 15 is 0 Å². The van der Waals surface area contributed by atoms with E-state index in [9.17, 15) is 4.79 Å². The summed E-state index contributed by atoms with van der Waals surface area (Å²) in [6.45, 7) is 0. The molecule has 2 aromatic carbocycles. The van der Waals surface area contributed by atoms with Crippen molar-refractivity contribution in [3.05, 3.63) is 63.6 Å². The van der Waals surface area contributed by atoms with Gasteiger partial charge < -0.3 is 4.74 Å². The Hall–Kier alpha value is -1.84. The maximum absolute atomic E-state index is 11.3. The lowest BCUT2D eigenvalue weighted by Crippen LogP contribution is -2.00. The van der Waals surface area contributed by atoms with Gasteiger partial charge in [0.15, 0.2) is 0 Å². The molecule has 0 N–H and O–H groups in total. The maximum atomic E-state index is 11.3. The van der Waals surface area contributed by atoms with Gasteiger partial charge in [0.2, 0.25) is 0 Å². The Morgan fingerprint density at radius 1 is 1.10 bits per heavy atom. The molecule has 20 heavy (non-hydrogen) atoms. The summed E-state index contributed by atoms with van der Waals surface area (Å²) in [7, 11) is 1.34. The molecule has 0 aliphatic heterocycles. The Bertz CT molecular complexity index is 631. The number of para-hydroxylation sites is 1. The average Bonchev–Trinajstić information content (AvgIpc) is 2.46. The highest BCUT2D eigenvalue weighted by Gasteiger charge is 2.04. The summed E-state index contributed by atoms with van der Waals surface area (Å²) in [5.41, 5.74) is 1.84. The lowest BCUT2D eigenvalue weighted by Gasteiger charge is -2.01. The Morgan fingerprint density at radius 2 is 1.70 bits per heavy atom. The minimum absolute atomic E-state index is 0.373. The van der Waals surface area contributed by atoms with Crippen LogP contribution in [0.3, 0.4) is 0 Å². The van der Waals surface area contributed by atoms with E-state index in [2.05, 4.69) is 9.73 Å². The van der Waals surface area contributed by atoms with Crippen molar-refractivity contribution in [3.63, 3.8) is 0 Å². The van der Waals surface area contributed by atoms with E-state index in [0.29, 0.717) is 21.3 Å². The van der Waals surface area contributed by atoms with Crippen molar-refractivity contribution in [2.75, 3.05) is 7.11 Å². The van der Waals surface area contributed by atoms with E-state index in [0.717, 1.165) is 5.56 Å². The van der Waals surface area contributed by atoms with Gasteiger partial charge in [0.05, 0.1) is 22.7 Å². The van der Waals surface area contributed by atoms with Gasteiger partial charge in [-0.15, -0.1) is 0 Å². The van der Waals surface area contributed by atoms with Crippen LogP contribution in [0.25, 0.3) is 0 Å². The van der Waals surface area contributed by atoms with Gasteiger partial charge in [-0.1, -0.05) is 41.4 Å². The fourth-order valence-corrected chi connectivity index (χ4v) is 2.07. The first kappa shape index (κ1) is 14.6. The number of nitrogens with zero attached hydrogens (tertiary/aromatic N) is 1. The van der Waals surface area contributed by atoms with E-state index < -0.39 is 0 Å². The normalized spacial score (nSPS) is 10.8. The van der Waals surface area contributed by atoms with Crippen molar-refractivity contribution < 1.29 is 9.53 Å². The summed E-state index contributed by atoms with van der Waals surface area (Å²) in [5, 5.41) is 0.972. The van der Waals surface area contributed by atoms with E-state index in [1.54, 1.807) is 48.7 Å². The third-order valence-corrected chi connectivity index (χ3v) is 3.22. The smallest absolute Gasteiger partial charge is 0.337 e. The lowest BCUT2D eigenvalue weighted by molar-refractivity contribution is 0.0601. The van der Waals surface area contributed by atoms with Crippen LogP contribution >= 0.6 is 23.2 Å². The fourth-order valence-electron chi connectivity index (χ4n) is 1.57. The molecule has 0 bridgehead atoms. The summed E-state index contributed by atoms with van der Waals surface area (Å²) < 4.78 is 4.63. The number of carbonyl (C=O) groups excluding carboxylic acids is 1. The number of esters is 1. The number of methoxy groups -OCH3 is 1. The SMILES string of the molecule is COC(=O)c1ccc(/C=N/c2c(Cl)cccc2Cl)cc1. The highest BCUT2D eigenvalue weighted by atomic mass is 35.5. The Balaban J connectivity index is 2.22. The topological polar surface area (TPSA) is 38.7 Å². The van der Waals surface area contributed by atoms with Crippen LogP contribution in [0.15, 0.2) is 47.5 Å². The lowest BCUT2D eigenvalue weighted by atomic mass is 10.1. The average molecular weight is 308 g/mol. The number of benzene rings is 2. The number of rotatable bonds is 3. The molecular weight excluding hydrogens is 297 g/mol. The second-order valence-corrected chi connectivity index (χ2v) is 4.76. The van der Waals surface area contributed by atoms with Crippen molar-refractivity contribution in [1.82, 2.24) is 0 Å². The predicted molar refractivity (Wildman–Crippen MR) is 81.5 cm³/mol. The summed E-state index contributed by atoms with van der Waals surface area (Å²) in [6.07, 6.45) is 1.63. The van der Waals surface area contributed by atoms with Crippen molar-refractivity contribution in [2.45, 2.75) is 0 Å². The largest absolute Gasteiger partial charge is 0.465 e. The molecule has 2 aromatic rings. The first-order valence-corrected chi connectivity index (χ1v) is 6.54. The third-order valence-electron chi connectivity index (χ3n) is 2.61. The van der Waals surface area contributed by atoms with E-state index in [1.165, 1.54) is 7.11 Å². The van der Waals surface area contributed by atoms with Gasteiger partial charge in [0.1, 0.15) is 5.69 Å². The van der Waals surface area contributed by atoms with Crippen LogP contribution in [0, 0.1) is 0 Å². The summed E-state index contributed by atoms with van der Waals surface area (Å²) in [4.78, 5) is 15.6. The first-order chi connectivity index (χ1) is 9.61. The van der Waals surface area contributed by atoms with Crippen LogP contribution < -0.4 is 0 Å². The standard InChI is InChI=1S/C15H11Cl2NO2/c1-20-15(19)11-7-5-10(6-8-11)9-18-14-12(16)3-2-4-13(14)17/h2-9H,1H3/b18-9+. The third kappa shape index (κ3) is 3.38. The molecule has 3 nitrogen and oxygen atoms in total. The van der Waals surface area contributed by atoms with E-state index in [4.69, 9.17) is 23.2 Å². The van der Waals surface area contributed by atoms with E-state index in [-0.39, 0.29) is 5.97 Å². The number of ether oxygens (including phenoxy) is 1. The number of hydrogen-bond donors (Lipinski definition) is 0. The minimum Gasteiger partial charge on any atom is -0.465 e. The van der Waals surface area contributed by atoms with Gasteiger partial charge >= 0.3 is 5.97 Å². The summed E-state index contributed by atoms with van der Waals surface area (Å²) in [5.74, 6) is -0.373. The van der Waals surface area contributed by atoms with Gasteiger partial charge in [-0.05, 0) is 29.8 Å². The van der Waals surface area contributed by atoms with Gasteiger partial charge in [-0.3, -0.25) is 4.99 Å². The number of hydrogen-bond acceptors (Lipinski definition) is 3. The van der Waals surface area contributed by atoms with Crippen molar-refractivity contribution in [3.8, 4) is 0 Å². The molecule has 102 valence electrons. The van der Waals surface area contributed by atoms with Gasteiger partial charge in [0, 0.05) is 6.21 Å². The van der Waals surface area contributed by atoms with Crippen LogP contribution in [0.4, 0.5) is 5.69 Å². The Kier molecular flexibility index (Phi) is 4.77. The zero-order valence-corrected chi connectivity index (χ0v) is 12.2. The zero-order valence-electron chi connectivity index (χ0n) is 10.6. The maximum Gasteiger partial charge on any atom is 0.337 e. The second-order valence-electron chi connectivity index (χ2n) is 3.94. The Labute approximate surface area is 126 Å². The molecule has 0 aliphatic rings. The molecule has 0 saturated carbocycles. The van der Waals surface area contributed by atoms with Crippen LogP contribution in [-0.4, -0.2) is 19.3 Å².